The number of carbonyl (C=O) groups is 1. The van der Waals surface area contributed by atoms with E-state index in [1.54, 1.807) is 12.3 Å². The number of pyridine rings is 1. The van der Waals surface area contributed by atoms with Crippen LogP contribution >= 0.6 is 11.6 Å². The zero-order valence-electron chi connectivity index (χ0n) is 7.85. The molecule has 1 N–H and O–H groups in total. The second-order valence-electron chi connectivity index (χ2n) is 2.90. The summed E-state index contributed by atoms with van der Waals surface area (Å²) in [4.78, 5) is 14.1. The van der Waals surface area contributed by atoms with E-state index in [1.807, 2.05) is 0 Å². The molecule has 1 aromatic heterocycles. The van der Waals surface area contributed by atoms with E-state index in [0.717, 1.165) is 5.56 Å². The van der Waals surface area contributed by atoms with Gasteiger partial charge in [0.1, 0.15) is 0 Å². The molecule has 0 amide bonds. The summed E-state index contributed by atoms with van der Waals surface area (Å²) in [6, 6.07) is 1.68. The van der Waals surface area contributed by atoms with Gasteiger partial charge in [-0.05, 0) is 11.6 Å². The monoisotopic (exact) mass is 247 g/mol. The summed E-state index contributed by atoms with van der Waals surface area (Å²) in [6.45, 7) is 0. The van der Waals surface area contributed by atoms with Gasteiger partial charge >= 0.3 is 5.97 Å². The first kappa shape index (κ1) is 12.1. The van der Waals surface area contributed by atoms with Crippen LogP contribution in [0.25, 0.3) is 0 Å². The lowest BCUT2D eigenvalue weighted by atomic mass is 10.3. The minimum Gasteiger partial charge on any atom is -0.481 e. The molecule has 82 valence electrons. The van der Waals surface area contributed by atoms with E-state index in [4.69, 9.17) is 16.7 Å². The van der Waals surface area contributed by atoms with Gasteiger partial charge in [0.05, 0.1) is 17.2 Å². The van der Waals surface area contributed by atoms with Crippen LogP contribution < -0.4 is 0 Å². The molecule has 15 heavy (non-hydrogen) atoms. The lowest BCUT2D eigenvalue weighted by Gasteiger charge is -2.02. The van der Waals surface area contributed by atoms with Crippen molar-refractivity contribution in [2.45, 2.75) is 12.2 Å². The molecule has 1 atom stereocenters. The highest BCUT2D eigenvalue weighted by molar-refractivity contribution is 7.84. The lowest BCUT2D eigenvalue weighted by Crippen LogP contribution is -2.06. The van der Waals surface area contributed by atoms with Crippen molar-refractivity contribution < 1.29 is 14.1 Å². The molecule has 1 heterocycles. The van der Waals surface area contributed by atoms with Crippen molar-refractivity contribution in [2.75, 3.05) is 5.75 Å². The molecule has 0 aliphatic heterocycles. The second-order valence-corrected chi connectivity index (χ2v) is 4.88. The summed E-state index contributed by atoms with van der Waals surface area (Å²) in [7, 11) is -1.19. The Hall–Kier alpha value is -0.940. The van der Waals surface area contributed by atoms with E-state index in [1.165, 1.54) is 6.20 Å². The minimum absolute atomic E-state index is 0.0880. The Balaban J connectivity index is 2.52. The van der Waals surface area contributed by atoms with Crippen molar-refractivity contribution in [3.05, 3.63) is 29.0 Å². The first-order valence-corrected chi connectivity index (χ1v) is 6.11. The highest BCUT2D eigenvalue weighted by atomic mass is 35.5. The quantitative estimate of drug-likeness (QED) is 0.855. The maximum Gasteiger partial charge on any atom is 0.304 e. The topological polar surface area (TPSA) is 67.3 Å². The molecule has 0 bridgehead atoms. The first-order chi connectivity index (χ1) is 7.09. The summed E-state index contributed by atoms with van der Waals surface area (Å²) >= 11 is 5.82. The normalized spacial score (nSPS) is 12.3. The van der Waals surface area contributed by atoms with E-state index < -0.39 is 16.8 Å². The van der Waals surface area contributed by atoms with Gasteiger partial charge in [-0.3, -0.25) is 14.0 Å². The van der Waals surface area contributed by atoms with Crippen LogP contribution in [0.3, 0.4) is 0 Å². The summed E-state index contributed by atoms with van der Waals surface area (Å²) in [6.07, 6.45) is 2.95. The molecule has 0 aromatic carbocycles. The van der Waals surface area contributed by atoms with Crippen LogP contribution in [0.1, 0.15) is 12.0 Å². The molecule has 0 aliphatic rings. The smallest absolute Gasteiger partial charge is 0.304 e. The number of nitrogens with zero attached hydrogens (tertiary/aromatic N) is 1. The zero-order chi connectivity index (χ0) is 11.3. The molecular formula is C9H10ClNO3S. The Morgan fingerprint density at radius 3 is 2.93 bits per heavy atom. The van der Waals surface area contributed by atoms with Gasteiger partial charge in [-0.1, -0.05) is 11.6 Å². The Kier molecular flexibility index (Phi) is 4.71. The molecule has 0 radical (unpaired) electrons. The standard InChI is InChI=1S/C9H10ClNO3S/c10-8-5-11-3-1-7(8)6-15(14)4-2-9(12)13/h1,3,5H,2,4,6H2,(H,12,13). The number of hydrogen-bond donors (Lipinski definition) is 1. The number of halogens is 1. The van der Waals surface area contributed by atoms with Crippen LogP contribution in [-0.4, -0.2) is 26.0 Å². The number of aliphatic carboxylic acids is 1. The molecule has 0 fully saturated rings. The largest absolute Gasteiger partial charge is 0.481 e. The van der Waals surface area contributed by atoms with Crippen LogP contribution in [0.2, 0.25) is 5.02 Å². The van der Waals surface area contributed by atoms with E-state index in [0.29, 0.717) is 5.02 Å². The fourth-order valence-corrected chi connectivity index (χ4v) is 2.38. The van der Waals surface area contributed by atoms with Gasteiger partial charge in [0.25, 0.3) is 0 Å². The number of aromatic nitrogens is 1. The van der Waals surface area contributed by atoms with Crippen LogP contribution in [-0.2, 0) is 21.3 Å². The predicted octanol–water partition coefficient (Wildman–Crippen LogP) is 1.46. The molecule has 6 heteroatoms. The fourth-order valence-electron chi connectivity index (χ4n) is 0.968. The second kappa shape index (κ2) is 5.82. The van der Waals surface area contributed by atoms with Crippen LogP contribution in [0.5, 0.6) is 0 Å². The number of carboxylic acid groups (broad SMARTS) is 1. The third kappa shape index (κ3) is 4.40. The maximum absolute atomic E-state index is 11.4. The van der Waals surface area contributed by atoms with E-state index >= 15 is 0 Å². The number of hydrogen-bond acceptors (Lipinski definition) is 3. The molecule has 4 nitrogen and oxygen atoms in total. The van der Waals surface area contributed by atoms with E-state index in [9.17, 15) is 9.00 Å². The average Bonchev–Trinajstić information content (AvgIpc) is 2.18. The Morgan fingerprint density at radius 2 is 2.33 bits per heavy atom. The van der Waals surface area contributed by atoms with Crippen molar-refractivity contribution in [3.8, 4) is 0 Å². The summed E-state index contributed by atoms with van der Waals surface area (Å²) in [5.74, 6) is -0.521. The van der Waals surface area contributed by atoms with Crippen LogP contribution in [0.4, 0.5) is 0 Å². The van der Waals surface area contributed by atoms with Crippen molar-refractivity contribution >= 4 is 28.4 Å². The number of carboxylic acids is 1. The number of rotatable bonds is 5. The summed E-state index contributed by atoms with van der Waals surface area (Å²) in [5.41, 5.74) is 0.732. The molecule has 1 unspecified atom stereocenters. The minimum atomic E-state index is -1.19. The van der Waals surface area contributed by atoms with E-state index in [-0.39, 0.29) is 17.9 Å². The van der Waals surface area contributed by atoms with Crippen LogP contribution in [0.15, 0.2) is 18.5 Å². The highest BCUT2D eigenvalue weighted by Gasteiger charge is 2.07. The third-order valence-corrected chi connectivity index (χ3v) is 3.35. The van der Waals surface area contributed by atoms with Crippen molar-refractivity contribution in [1.82, 2.24) is 4.98 Å². The fraction of sp³-hybridized carbons (Fsp3) is 0.333. The Morgan fingerprint density at radius 1 is 1.60 bits per heavy atom. The van der Waals surface area contributed by atoms with Gasteiger partial charge < -0.3 is 5.11 Å². The molecule has 0 aliphatic carbocycles. The highest BCUT2D eigenvalue weighted by Crippen LogP contribution is 2.15. The van der Waals surface area contributed by atoms with Gasteiger partial charge in [0.2, 0.25) is 0 Å². The van der Waals surface area contributed by atoms with E-state index in [2.05, 4.69) is 4.98 Å². The van der Waals surface area contributed by atoms with Gasteiger partial charge in [-0.2, -0.15) is 0 Å². The Bertz CT molecular complexity index is 383. The van der Waals surface area contributed by atoms with Gasteiger partial charge in [0.15, 0.2) is 0 Å². The van der Waals surface area contributed by atoms with Gasteiger partial charge in [-0.15, -0.1) is 0 Å². The van der Waals surface area contributed by atoms with Crippen molar-refractivity contribution in [1.29, 1.82) is 0 Å². The molecule has 1 rings (SSSR count). The summed E-state index contributed by atoms with van der Waals surface area (Å²) < 4.78 is 11.4. The third-order valence-electron chi connectivity index (χ3n) is 1.72. The summed E-state index contributed by atoms with van der Waals surface area (Å²) in [5, 5.41) is 8.87. The molecule has 1 aromatic rings. The van der Waals surface area contributed by atoms with Crippen LogP contribution in [0, 0.1) is 0 Å². The van der Waals surface area contributed by atoms with Gasteiger partial charge in [-0.25, -0.2) is 0 Å². The molecule has 0 spiro atoms. The average molecular weight is 248 g/mol. The molecular weight excluding hydrogens is 238 g/mol. The Labute approximate surface area is 94.7 Å². The SMILES string of the molecule is O=C(O)CCS(=O)Cc1ccncc1Cl. The van der Waals surface area contributed by atoms with Gasteiger partial charge in [0, 0.05) is 28.9 Å². The van der Waals surface area contributed by atoms with Crippen molar-refractivity contribution in [2.24, 2.45) is 0 Å². The predicted molar refractivity (Wildman–Crippen MR) is 58.2 cm³/mol. The maximum atomic E-state index is 11.4. The molecule has 0 saturated heterocycles. The molecule has 0 saturated carbocycles. The lowest BCUT2D eigenvalue weighted by molar-refractivity contribution is -0.136. The first-order valence-electron chi connectivity index (χ1n) is 4.24. The zero-order valence-corrected chi connectivity index (χ0v) is 9.42. The van der Waals surface area contributed by atoms with Crippen molar-refractivity contribution in [3.63, 3.8) is 0 Å².